The third-order valence-electron chi connectivity index (χ3n) is 5.22. The Labute approximate surface area is 152 Å². The summed E-state index contributed by atoms with van der Waals surface area (Å²) in [5.41, 5.74) is 6.94. The smallest absolute Gasteiger partial charge is 0.142 e. The predicted molar refractivity (Wildman–Crippen MR) is 107 cm³/mol. The molecule has 0 heterocycles. The van der Waals surface area contributed by atoms with Gasteiger partial charge in [0.25, 0.3) is 0 Å². The number of hydrogen-bond donors (Lipinski definition) is 1. The molecule has 0 radical (unpaired) electrons. The van der Waals surface area contributed by atoms with Crippen LogP contribution >= 0.6 is 0 Å². The monoisotopic (exact) mass is 337 g/mol. The quantitative estimate of drug-likeness (QED) is 0.704. The van der Waals surface area contributed by atoms with Gasteiger partial charge in [-0.05, 0) is 65.5 Å². The predicted octanol–water partition coefficient (Wildman–Crippen LogP) is 5.87. The van der Waals surface area contributed by atoms with Crippen molar-refractivity contribution >= 4 is 5.69 Å². The van der Waals surface area contributed by atoms with Crippen LogP contribution in [0.25, 0.3) is 0 Å². The van der Waals surface area contributed by atoms with Crippen molar-refractivity contribution in [2.24, 2.45) is 0 Å². The molecule has 25 heavy (non-hydrogen) atoms. The van der Waals surface area contributed by atoms with E-state index in [4.69, 9.17) is 4.74 Å². The number of fused-ring (bicyclic) bond motifs is 1. The summed E-state index contributed by atoms with van der Waals surface area (Å²) in [6.45, 7) is 7.57. The number of benzene rings is 2. The maximum absolute atomic E-state index is 5.64. The van der Waals surface area contributed by atoms with Gasteiger partial charge in [-0.25, -0.2) is 0 Å². The molecule has 0 fully saturated rings. The molecule has 0 amide bonds. The minimum Gasteiger partial charge on any atom is -0.495 e. The molecule has 0 aromatic heterocycles. The maximum Gasteiger partial charge on any atom is 0.142 e. The first kappa shape index (κ1) is 17.8. The van der Waals surface area contributed by atoms with Gasteiger partial charge in [0.05, 0.1) is 12.8 Å². The van der Waals surface area contributed by atoms with E-state index < -0.39 is 0 Å². The van der Waals surface area contributed by atoms with Gasteiger partial charge in [0.2, 0.25) is 0 Å². The van der Waals surface area contributed by atoms with Gasteiger partial charge in [0, 0.05) is 6.54 Å². The highest BCUT2D eigenvalue weighted by molar-refractivity contribution is 5.60. The first-order valence-electron chi connectivity index (χ1n) is 9.50. The van der Waals surface area contributed by atoms with Gasteiger partial charge in [-0.3, -0.25) is 0 Å². The highest BCUT2D eigenvalue weighted by Crippen LogP contribution is 2.32. The Kier molecular flexibility index (Phi) is 5.36. The summed E-state index contributed by atoms with van der Waals surface area (Å²) < 4.78 is 5.64. The Morgan fingerprint density at radius 3 is 2.16 bits per heavy atom. The Bertz CT molecular complexity index is 710. The number of aryl methyl sites for hydroxylation is 2. The zero-order valence-electron chi connectivity index (χ0n) is 16.1. The van der Waals surface area contributed by atoms with Crippen LogP contribution in [0.5, 0.6) is 5.75 Å². The maximum atomic E-state index is 5.64. The Hall–Kier alpha value is -1.96. The van der Waals surface area contributed by atoms with Gasteiger partial charge >= 0.3 is 0 Å². The second kappa shape index (κ2) is 7.51. The van der Waals surface area contributed by atoms with Gasteiger partial charge in [0.15, 0.2) is 0 Å². The molecule has 0 saturated heterocycles. The van der Waals surface area contributed by atoms with E-state index in [0.717, 1.165) is 18.0 Å². The van der Waals surface area contributed by atoms with E-state index in [1.54, 1.807) is 7.11 Å². The lowest BCUT2D eigenvalue weighted by Crippen LogP contribution is -2.11. The molecule has 1 N–H and O–H groups in total. The van der Waals surface area contributed by atoms with E-state index in [9.17, 15) is 0 Å². The lowest BCUT2D eigenvalue weighted by Gasteiger charge is -2.19. The number of hydrogen-bond acceptors (Lipinski definition) is 2. The van der Waals surface area contributed by atoms with E-state index in [1.807, 2.05) is 0 Å². The molecule has 2 nitrogen and oxygen atoms in total. The lowest BCUT2D eigenvalue weighted by molar-refractivity contribution is 0.415. The van der Waals surface area contributed by atoms with Crippen molar-refractivity contribution in [1.29, 1.82) is 0 Å². The second-order valence-electron chi connectivity index (χ2n) is 8.18. The van der Waals surface area contributed by atoms with Crippen molar-refractivity contribution < 1.29 is 4.74 Å². The summed E-state index contributed by atoms with van der Waals surface area (Å²) in [6, 6.07) is 13.5. The van der Waals surface area contributed by atoms with Crippen molar-refractivity contribution in [3.63, 3.8) is 0 Å². The highest BCUT2D eigenvalue weighted by Gasteiger charge is 2.14. The van der Waals surface area contributed by atoms with Gasteiger partial charge in [-0.2, -0.15) is 0 Å². The van der Waals surface area contributed by atoms with E-state index in [0.29, 0.717) is 0 Å². The molecule has 134 valence electrons. The topological polar surface area (TPSA) is 21.3 Å². The van der Waals surface area contributed by atoms with Crippen LogP contribution in [-0.4, -0.2) is 7.11 Å². The zero-order valence-corrected chi connectivity index (χ0v) is 16.1. The molecular weight excluding hydrogens is 306 g/mol. The molecule has 0 spiro atoms. The fraction of sp³-hybridized carbons (Fsp3) is 0.478. The molecule has 2 heteroatoms. The molecule has 2 aromatic carbocycles. The van der Waals surface area contributed by atoms with Crippen molar-refractivity contribution in [2.75, 3.05) is 12.4 Å². The lowest BCUT2D eigenvalue weighted by atomic mass is 9.87. The standard InChI is InChI=1S/C23H31NO/c1-23(2,3)20-12-10-17(11-13-20)16-24-21-14-18-8-6-5-7-9-19(18)15-22(21)25-4/h10-15,24H,5-9,16H2,1-4H3. The van der Waals surface area contributed by atoms with Crippen LogP contribution in [0.4, 0.5) is 5.69 Å². The van der Waals surface area contributed by atoms with Crippen LogP contribution in [0.3, 0.4) is 0 Å². The van der Waals surface area contributed by atoms with Crippen LogP contribution < -0.4 is 10.1 Å². The van der Waals surface area contributed by atoms with Crippen LogP contribution in [0.2, 0.25) is 0 Å². The molecule has 0 bridgehead atoms. The molecule has 0 saturated carbocycles. The van der Waals surface area contributed by atoms with E-state index in [1.165, 1.54) is 54.4 Å². The average molecular weight is 338 g/mol. The Morgan fingerprint density at radius 2 is 1.56 bits per heavy atom. The van der Waals surface area contributed by atoms with Gasteiger partial charge in [0.1, 0.15) is 5.75 Å². The fourth-order valence-corrected chi connectivity index (χ4v) is 3.57. The Morgan fingerprint density at radius 1 is 0.920 bits per heavy atom. The van der Waals surface area contributed by atoms with Gasteiger partial charge in [-0.1, -0.05) is 51.5 Å². The SMILES string of the molecule is COc1cc2c(cc1NCc1ccc(C(C)(C)C)cc1)CCCCC2. The summed E-state index contributed by atoms with van der Waals surface area (Å²) in [5, 5.41) is 3.58. The van der Waals surface area contributed by atoms with Crippen LogP contribution in [0, 0.1) is 0 Å². The van der Waals surface area contributed by atoms with Crippen LogP contribution in [-0.2, 0) is 24.8 Å². The molecule has 1 aliphatic rings. The summed E-state index contributed by atoms with van der Waals surface area (Å²) in [4.78, 5) is 0. The number of nitrogens with one attached hydrogen (secondary N) is 1. The Balaban J connectivity index is 1.75. The van der Waals surface area contributed by atoms with Crippen molar-refractivity contribution in [1.82, 2.24) is 0 Å². The van der Waals surface area contributed by atoms with Gasteiger partial charge < -0.3 is 10.1 Å². The molecule has 2 aromatic rings. The number of rotatable bonds is 4. The molecule has 0 atom stereocenters. The van der Waals surface area contributed by atoms with Crippen LogP contribution in [0.1, 0.15) is 62.3 Å². The number of anilines is 1. The number of ether oxygens (including phenoxy) is 1. The molecule has 3 rings (SSSR count). The molecular formula is C23H31NO. The van der Waals surface area contributed by atoms with Crippen molar-refractivity contribution in [2.45, 2.75) is 64.8 Å². The zero-order chi connectivity index (χ0) is 17.9. The largest absolute Gasteiger partial charge is 0.495 e. The third kappa shape index (κ3) is 4.36. The van der Waals surface area contributed by atoms with E-state index in [2.05, 4.69) is 62.5 Å². The first-order chi connectivity index (χ1) is 12.0. The molecule has 1 aliphatic carbocycles. The summed E-state index contributed by atoms with van der Waals surface area (Å²) in [6.07, 6.45) is 6.30. The third-order valence-corrected chi connectivity index (χ3v) is 5.22. The van der Waals surface area contributed by atoms with Crippen molar-refractivity contribution in [3.8, 4) is 5.75 Å². The van der Waals surface area contributed by atoms with E-state index in [-0.39, 0.29) is 5.41 Å². The summed E-state index contributed by atoms with van der Waals surface area (Å²) in [5.74, 6) is 0.965. The minimum absolute atomic E-state index is 0.201. The van der Waals surface area contributed by atoms with Gasteiger partial charge in [-0.15, -0.1) is 0 Å². The highest BCUT2D eigenvalue weighted by atomic mass is 16.5. The number of methoxy groups -OCH3 is 1. The summed E-state index contributed by atoms with van der Waals surface area (Å²) >= 11 is 0. The average Bonchev–Trinajstić information content (AvgIpc) is 2.83. The first-order valence-corrected chi connectivity index (χ1v) is 9.50. The van der Waals surface area contributed by atoms with Crippen LogP contribution in [0.15, 0.2) is 36.4 Å². The second-order valence-corrected chi connectivity index (χ2v) is 8.18. The molecule has 0 unspecified atom stereocenters. The summed E-state index contributed by atoms with van der Waals surface area (Å²) in [7, 11) is 1.77. The van der Waals surface area contributed by atoms with Crippen molar-refractivity contribution in [3.05, 3.63) is 58.7 Å². The van der Waals surface area contributed by atoms with E-state index >= 15 is 0 Å². The fourth-order valence-electron chi connectivity index (χ4n) is 3.57. The molecule has 0 aliphatic heterocycles. The minimum atomic E-state index is 0.201. The normalized spacial score (nSPS) is 14.6.